The van der Waals surface area contributed by atoms with E-state index in [-0.39, 0.29) is 12.1 Å². The predicted octanol–water partition coefficient (Wildman–Crippen LogP) is 4.56. The van der Waals surface area contributed by atoms with Crippen LogP contribution < -0.4 is 15.5 Å². The number of carbonyl (C=O) groups is 1. The maximum Gasteiger partial charge on any atom is 0.315 e. The molecule has 1 unspecified atom stereocenters. The zero-order chi connectivity index (χ0) is 18.4. The van der Waals surface area contributed by atoms with Gasteiger partial charge in [-0.25, -0.2) is 4.79 Å². The fourth-order valence-corrected chi connectivity index (χ4v) is 4.26. The lowest BCUT2D eigenvalue weighted by Crippen LogP contribution is -2.36. The number of hydrogen-bond donors (Lipinski definition) is 2. The SMILES string of the molecule is CC(NC(=O)NCc1ccc(N2CCSCC2)cc1)c1cccc(Br)c1. The number of rotatable bonds is 5. The van der Waals surface area contributed by atoms with Gasteiger partial charge >= 0.3 is 6.03 Å². The molecule has 1 saturated heterocycles. The van der Waals surface area contributed by atoms with E-state index in [9.17, 15) is 4.79 Å². The molecule has 6 heteroatoms. The van der Waals surface area contributed by atoms with Gasteiger partial charge in [0.2, 0.25) is 0 Å². The van der Waals surface area contributed by atoms with E-state index in [1.54, 1.807) is 0 Å². The number of hydrogen-bond acceptors (Lipinski definition) is 3. The van der Waals surface area contributed by atoms with Crippen LogP contribution in [0.1, 0.15) is 24.1 Å². The highest BCUT2D eigenvalue weighted by Crippen LogP contribution is 2.20. The molecule has 2 amide bonds. The van der Waals surface area contributed by atoms with Gasteiger partial charge in [-0.3, -0.25) is 0 Å². The summed E-state index contributed by atoms with van der Waals surface area (Å²) in [6.45, 7) is 4.72. The van der Waals surface area contributed by atoms with E-state index in [1.165, 1.54) is 17.2 Å². The van der Waals surface area contributed by atoms with Crippen LogP contribution in [0.4, 0.5) is 10.5 Å². The van der Waals surface area contributed by atoms with Crippen LogP contribution in [0.15, 0.2) is 53.0 Å². The predicted molar refractivity (Wildman–Crippen MR) is 114 cm³/mol. The van der Waals surface area contributed by atoms with Crippen LogP contribution in [0.3, 0.4) is 0 Å². The molecular weight excluding hydrogens is 410 g/mol. The molecule has 138 valence electrons. The summed E-state index contributed by atoms with van der Waals surface area (Å²) in [6, 6.07) is 16.2. The molecule has 0 bridgehead atoms. The summed E-state index contributed by atoms with van der Waals surface area (Å²) < 4.78 is 1.01. The van der Waals surface area contributed by atoms with E-state index in [0.717, 1.165) is 28.7 Å². The molecule has 1 heterocycles. The Hall–Kier alpha value is -1.66. The highest BCUT2D eigenvalue weighted by Gasteiger charge is 2.12. The third-order valence-corrected chi connectivity index (χ3v) is 5.90. The first-order chi connectivity index (χ1) is 12.6. The summed E-state index contributed by atoms with van der Waals surface area (Å²) in [7, 11) is 0. The van der Waals surface area contributed by atoms with E-state index in [0.29, 0.717) is 6.54 Å². The molecule has 4 nitrogen and oxygen atoms in total. The Morgan fingerprint density at radius 3 is 2.62 bits per heavy atom. The molecule has 2 aromatic carbocycles. The largest absolute Gasteiger partial charge is 0.370 e. The first-order valence-corrected chi connectivity index (χ1v) is 10.8. The van der Waals surface area contributed by atoms with Crippen molar-refractivity contribution >= 4 is 39.4 Å². The van der Waals surface area contributed by atoms with Crippen LogP contribution in [-0.4, -0.2) is 30.6 Å². The molecule has 0 spiro atoms. The maximum absolute atomic E-state index is 12.2. The van der Waals surface area contributed by atoms with Crippen molar-refractivity contribution in [3.05, 3.63) is 64.1 Å². The van der Waals surface area contributed by atoms with Crippen molar-refractivity contribution < 1.29 is 4.79 Å². The Balaban J connectivity index is 1.48. The van der Waals surface area contributed by atoms with Gasteiger partial charge in [0.1, 0.15) is 0 Å². The lowest BCUT2D eigenvalue weighted by Gasteiger charge is -2.28. The summed E-state index contributed by atoms with van der Waals surface area (Å²) in [5.41, 5.74) is 3.44. The molecule has 3 rings (SSSR count). The first-order valence-electron chi connectivity index (χ1n) is 8.83. The minimum atomic E-state index is -0.158. The van der Waals surface area contributed by atoms with Crippen molar-refractivity contribution in [2.24, 2.45) is 0 Å². The molecule has 2 N–H and O–H groups in total. The summed E-state index contributed by atoms with van der Waals surface area (Å²) in [6.07, 6.45) is 0. The van der Waals surface area contributed by atoms with Crippen LogP contribution in [0.2, 0.25) is 0 Å². The first kappa shape index (κ1) is 19.1. The van der Waals surface area contributed by atoms with Crippen molar-refractivity contribution in [1.82, 2.24) is 10.6 Å². The highest BCUT2D eigenvalue weighted by atomic mass is 79.9. The smallest absolute Gasteiger partial charge is 0.315 e. The normalized spacial score (nSPS) is 15.4. The van der Waals surface area contributed by atoms with Crippen LogP contribution in [-0.2, 0) is 6.54 Å². The minimum Gasteiger partial charge on any atom is -0.370 e. The standard InChI is InChI=1S/C20H24BrN3OS/c1-15(17-3-2-4-18(21)13-17)23-20(25)22-14-16-5-7-19(8-6-16)24-9-11-26-12-10-24/h2-8,13,15H,9-12,14H2,1H3,(H2,22,23,25). The van der Waals surface area contributed by atoms with E-state index in [2.05, 4.69) is 55.7 Å². The Morgan fingerprint density at radius 1 is 1.19 bits per heavy atom. The summed E-state index contributed by atoms with van der Waals surface area (Å²) in [4.78, 5) is 14.6. The maximum atomic E-state index is 12.2. The number of nitrogens with one attached hydrogen (secondary N) is 2. The summed E-state index contributed by atoms with van der Waals surface area (Å²) >= 11 is 5.47. The van der Waals surface area contributed by atoms with Crippen LogP contribution in [0.5, 0.6) is 0 Å². The number of anilines is 1. The van der Waals surface area contributed by atoms with Crippen molar-refractivity contribution in [2.75, 3.05) is 29.5 Å². The Morgan fingerprint density at radius 2 is 1.92 bits per heavy atom. The van der Waals surface area contributed by atoms with Gasteiger partial charge in [-0.05, 0) is 42.3 Å². The number of thioether (sulfide) groups is 1. The molecule has 1 aliphatic rings. The van der Waals surface area contributed by atoms with Crippen molar-refractivity contribution in [3.8, 4) is 0 Å². The number of carbonyl (C=O) groups excluding carboxylic acids is 1. The molecule has 26 heavy (non-hydrogen) atoms. The molecule has 1 aliphatic heterocycles. The lowest BCUT2D eigenvalue weighted by atomic mass is 10.1. The third-order valence-electron chi connectivity index (χ3n) is 4.46. The van der Waals surface area contributed by atoms with Gasteiger partial charge in [-0.2, -0.15) is 11.8 Å². The molecule has 2 aromatic rings. The van der Waals surface area contributed by atoms with Gasteiger partial charge in [-0.1, -0.05) is 40.2 Å². The molecule has 0 aliphatic carbocycles. The third kappa shape index (κ3) is 5.42. The average molecular weight is 434 g/mol. The Labute approximate surface area is 167 Å². The lowest BCUT2D eigenvalue weighted by molar-refractivity contribution is 0.237. The molecular formula is C20H24BrN3OS. The molecule has 1 fully saturated rings. The number of urea groups is 1. The van der Waals surface area contributed by atoms with Gasteiger partial charge in [0.05, 0.1) is 6.04 Å². The summed E-state index contributed by atoms with van der Waals surface area (Å²) in [5.74, 6) is 2.39. The fraction of sp³-hybridized carbons (Fsp3) is 0.350. The molecule has 0 radical (unpaired) electrons. The van der Waals surface area contributed by atoms with Crippen molar-refractivity contribution in [3.63, 3.8) is 0 Å². The summed E-state index contributed by atoms with van der Waals surface area (Å²) in [5, 5.41) is 5.91. The molecule has 1 atom stereocenters. The number of amides is 2. The van der Waals surface area contributed by atoms with Gasteiger partial charge in [-0.15, -0.1) is 0 Å². The van der Waals surface area contributed by atoms with Crippen molar-refractivity contribution in [2.45, 2.75) is 19.5 Å². The van der Waals surface area contributed by atoms with Gasteiger partial charge in [0.15, 0.2) is 0 Å². The average Bonchev–Trinajstić information content (AvgIpc) is 2.67. The zero-order valence-electron chi connectivity index (χ0n) is 14.9. The van der Waals surface area contributed by atoms with E-state index in [1.807, 2.05) is 43.0 Å². The quantitative estimate of drug-likeness (QED) is 0.725. The number of benzene rings is 2. The minimum absolute atomic E-state index is 0.0492. The highest BCUT2D eigenvalue weighted by molar-refractivity contribution is 9.10. The number of nitrogens with zero attached hydrogens (tertiary/aromatic N) is 1. The van der Waals surface area contributed by atoms with Gasteiger partial charge in [0, 0.05) is 41.3 Å². The van der Waals surface area contributed by atoms with E-state index >= 15 is 0 Å². The van der Waals surface area contributed by atoms with Crippen LogP contribution in [0, 0.1) is 0 Å². The van der Waals surface area contributed by atoms with Crippen LogP contribution in [0.25, 0.3) is 0 Å². The molecule has 0 aromatic heterocycles. The van der Waals surface area contributed by atoms with Crippen molar-refractivity contribution in [1.29, 1.82) is 0 Å². The zero-order valence-corrected chi connectivity index (χ0v) is 17.3. The Bertz CT molecular complexity index is 732. The van der Waals surface area contributed by atoms with Gasteiger partial charge < -0.3 is 15.5 Å². The fourth-order valence-electron chi connectivity index (χ4n) is 2.94. The second-order valence-electron chi connectivity index (χ2n) is 6.37. The topological polar surface area (TPSA) is 44.4 Å². The van der Waals surface area contributed by atoms with Gasteiger partial charge in [0.25, 0.3) is 0 Å². The monoisotopic (exact) mass is 433 g/mol. The van der Waals surface area contributed by atoms with Crippen LogP contribution >= 0.6 is 27.7 Å². The Kier molecular flexibility index (Phi) is 6.86. The second kappa shape index (κ2) is 9.33. The number of halogens is 1. The van der Waals surface area contributed by atoms with E-state index in [4.69, 9.17) is 0 Å². The van der Waals surface area contributed by atoms with E-state index < -0.39 is 0 Å². The second-order valence-corrected chi connectivity index (χ2v) is 8.51. The molecule has 0 saturated carbocycles.